The maximum Gasteiger partial charge on any atom is 0.0659 e. The molecule has 5 heterocycles. The molecule has 2 aliphatic rings. The van der Waals surface area contributed by atoms with Crippen LogP contribution in [-0.4, -0.2) is 19.9 Å². The second kappa shape index (κ2) is 8.68. The molecule has 0 saturated heterocycles. The van der Waals surface area contributed by atoms with E-state index in [0.29, 0.717) is 0 Å². The van der Waals surface area contributed by atoms with Crippen molar-refractivity contribution in [2.45, 2.75) is 0 Å². The molecule has 0 unspecified atom stereocenters. The molecule has 0 radical (unpaired) electrons. The highest BCUT2D eigenvalue weighted by molar-refractivity contribution is 5.82. The Morgan fingerprint density at radius 2 is 0.735 bits per heavy atom. The lowest BCUT2D eigenvalue weighted by atomic mass is 10.1. The first-order chi connectivity index (χ1) is 16.8. The Balaban J connectivity index is 0.000000182. The zero-order valence-electron chi connectivity index (χ0n) is 18.4. The lowest BCUT2D eigenvalue weighted by molar-refractivity contribution is 1.28. The van der Waals surface area contributed by atoms with Crippen molar-refractivity contribution in [3.63, 3.8) is 0 Å². The molecule has 3 aromatic heterocycles. The van der Waals surface area contributed by atoms with Gasteiger partial charge in [0, 0.05) is 22.1 Å². The van der Waals surface area contributed by atoms with Crippen LogP contribution in [0.25, 0.3) is 57.1 Å². The van der Waals surface area contributed by atoms with Crippen molar-refractivity contribution in [2.24, 2.45) is 0 Å². The zero-order valence-corrected chi connectivity index (χ0v) is 18.4. The minimum absolute atomic E-state index is 0.915. The Morgan fingerprint density at radius 3 is 1.15 bits per heavy atom. The number of aromatic amines is 2. The highest BCUT2D eigenvalue weighted by atomic mass is 14.8. The first kappa shape index (κ1) is 19.9. The molecule has 34 heavy (non-hydrogen) atoms. The first-order valence-electron chi connectivity index (χ1n) is 11.3. The quantitative estimate of drug-likeness (QED) is 0.258. The average molecular weight is 439 g/mol. The van der Waals surface area contributed by atoms with Crippen LogP contribution in [0.1, 0.15) is 22.8 Å². The normalized spacial score (nSPS) is 11.9. The summed E-state index contributed by atoms with van der Waals surface area (Å²) in [5, 5.41) is 2.62. The number of fused-ring (bicyclic) bond motifs is 9. The number of hydrogen-bond acceptors (Lipinski definition) is 2. The van der Waals surface area contributed by atoms with Crippen molar-refractivity contribution >= 4 is 57.1 Å². The predicted octanol–water partition coefficient (Wildman–Crippen LogP) is 7.50. The molecule has 0 saturated carbocycles. The van der Waals surface area contributed by atoms with Gasteiger partial charge in [0.1, 0.15) is 0 Å². The van der Waals surface area contributed by atoms with Gasteiger partial charge in [-0.1, -0.05) is 48.5 Å². The van der Waals surface area contributed by atoms with Crippen molar-refractivity contribution in [3.05, 3.63) is 120 Å². The van der Waals surface area contributed by atoms with E-state index in [-0.39, 0.29) is 0 Å². The van der Waals surface area contributed by atoms with Crippen molar-refractivity contribution in [3.8, 4) is 0 Å². The van der Waals surface area contributed by atoms with Crippen molar-refractivity contribution < 1.29 is 0 Å². The van der Waals surface area contributed by atoms with Gasteiger partial charge in [0.2, 0.25) is 0 Å². The molecule has 0 amide bonds. The summed E-state index contributed by atoms with van der Waals surface area (Å²) in [4.78, 5) is 16.0. The van der Waals surface area contributed by atoms with Crippen molar-refractivity contribution in [1.29, 1.82) is 0 Å². The third-order valence-electron chi connectivity index (χ3n) is 5.70. The topological polar surface area (TPSA) is 57.4 Å². The highest BCUT2D eigenvalue weighted by Gasteiger charge is 2.02. The Bertz CT molecular complexity index is 1560. The van der Waals surface area contributed by atoms with Gasteiger partial charge < -0.3 is 9.97 Å². The third-order valence-corrected chi connectivity index (χ3v) is 5.70. The van der Waals surface area contributed by atoms with Crippen molar-refractivity contribution in [1.82, 2.24) is 19.9 Å². The summed E-state index contributed by atoms with van der Waals surface area (Å²) < 4.78 is 0. The fraction of sp³-hybridized carbons (Fsp3) is 0. The fourth-order valence-corrected chi connectivity index (χ4v) is 4.08. The van der Waals surface area contributed by atoms with Gasteiger partial charge in [0.05, 0.1) is 22.8 Å². The molecule has 0 fully saturated rings. The molecule has 8 bridgehead atoms. The molecule has 2 aromatic carbocycles. The van der Waals surface area contributed by atoms with Gasteiger partial charge in [0.15, 0.2) is 0 Å². The van der Waals surface area contributed by atoms with Gasteiger partial charge in [-0.15, -0.1) is 0 Å². The van der Waals surface area contributed by atoms with Crippen LogP contribution in [-0.2, 0) is 0 Å². The SMILES string of the molecule is C1=Cc2cc3ccc(cc4ccc(cc5nc(cc1n2)C=C5)[nH]4)[nH]3.c1ccc2ccccc2c1. The van der Waals surface area contributed by atoms with E-state index in [9.17, 15) is 0 Å². The number of nitrogens with one attached hydrogen (secondary N) is 2. The van der Waals surface area contributed by atoms with Crippen LogP contribution in [0, 0.1) is 0 Å². The Kier molecular flexibility index (Phi) is 5.09. The van der Waals surface area contributed by atoms with Crippen LogP contribution in [0.15, 0.2) is 97.1 Å². The van der Waals surface area contributed by atoms with E-state index < -0.39 is 0 Å². The summed E-state index contributed by atoms with van der Waals surface area (Å²) in [6.45, 7) is 0. The fourth-order valence-electron chi connectivity index (χ4n) is 4.08. The molecular formula is C30H22N4. The third kappa shape index (κ3) is 4.43. The smallest absolute Gasteiger partial charge is 0.0659 e. The summed E-state index contributed by atoms with van der Waals surface area (Å²) >= 11 is 0. The van der Waals surface area contributed by atoms with Crippen molar-refractivity contribution in [2.75, 3.05) is 0 Å². The summed E-state index contributed by atoms with van der Waals surface area (Å²) in [7, 11) is 0. The standard InChI is InChI=1S/C20H14N4.C10H8/c1-2-14-10-16-5-6-18(23-16)12-20-8-7-19(24-20)11-17-4-3-15(22-17)9-13(1)21-14;1-2-6-10-8-4-3-7-9(10)5-1/h1-12,21-22H;1-8H. The maximum atomic E-state index is 4.62. The largest absolute Gasteiger partial charge is 0.355 e. The van der Waals surface area contributed by atoms with Crippen LogP contribution in [0.3, 0.4) is 0 Å². The van der Waals surface area contributed by atoms with E-state index in [2.05, 4.69) is 98.8 Å². The minimum Gasteiger partial charge on any atom is -0.355 e. The Labute approximate surface area is 197 Å². The second-order valence-electron chi connectivity index (χ2n) is 8.25. The summed E-state index contributed by atoms with van der Waals surface area (Å²) in [6, 6.07) is 33.1. The van der Waals surface area contributed by atoms with E-state index in [1.54, 1.807) is 0 Å². The van der Waals surface area contributed by atoms with Gasteiger partial charge in [0.25, 0.3) is 0 Å². The van der Waals surface area contributed by atoms with E-state index in [4.69, 9.17) is 0 Å². The maximum absolute atomic E-state index is 4.62. The second-order valence-corrected chi connectivity index (χ2v) is 8.25. The zero-order chi connectivity index (χ0) is 22.7. The number of nitrogens with zero attached hydrogens (tertiary/aromatic N) is 2. The van der Waals surface area contributed by atoms with Crippen LogP contribution in [0.2, 0.25) is 0 Å². The lowest BCUT2D eigenvalue weighted by Crippen LogP contribution is -1.77. The van der Waals surface area contributed by atoms with Gasteiger partial charge in [-0.25, -0.2) is 9.97 Å². The molecule has 2 N–H and O–H groups in total. The lowest BCUT2D eigenvalue weighted by Gasteiger charge is -1.92. The van der Waals surface area contributed by atoms with E-state index in [1.165, 1.54) is 10.8 Å². The predicted molar refractivity (Wildman–Crippen MR) is 143 cm³/mol. The summed E-state index contributed by atoms with van der Waals surface area (Å²) in [5.41, 5.74) is 7.86. The molecule has 5 aromatic rings. The monoisotopic (exact) mass is 438 g/mol. The molecule has 0 atom stereocenters. The molecule has 0 spiro atoms. The van der Waals surface area contributed by atoms with Gasteiger partial charge in [-0.3, -0.25) is 0 Å². The highest BCUT2D eigenvalue weighted by Crippen LogP contribution is 2.17. The van der Waals surface area contributed by atoms with Crippen LogP contribution >= 0.6 is 0 Å². The van der Waals surface area contributed by atoms with E-state index in [1.807, 2.05) is 42.5 Å². The molecule has 7 rings (SSSR count). The first-order valence-corrected chi connectivity index (χ1v) is 11.3. The van der Waals surface area contributed by atoms with Crippen LogP contribution in [0.5, 0.6) is 0 Å². The molecule has 0 aliphatic carbocycles. The van der Waals surface area contributed by atoms with Gasteiger partial charge >= 0.3 is 0 Å². The Hall–Kier alpha value is -4.70. The average Bonchev–Trinajstić information content (AvgIpc) is 3.66. The molecular weight excluding hydrogens is 416 g/mol. The molecule has 162 valence electrons. The molecule has 4 heteroatoms. The number of aromatic nitrogens is 4. The number of benzene rings is 2. The summed E-state index contributed by atoms with van der Waals surface area (Å²) in [5.74, 6) is 0. The van der Waals surface area contributed by atoms with E-state index >= 15 is 0 Å². The van der Waals surface area contributed by atoms with Gasteiger partial charge in [-0.2, -0.15) is 0 Å². The Morgan fingerprint density at radius 1 is 0.382 bits per heavy atom. The van der Waals surface area contributed by atoms with Gasteiger partial charge in [-0.05, 0) is 83.6 Å². The number of rotatable bonds is 0. The molecule has 4 nitrogen and oxygen atoms in total. The summed E-state index contributed by atoms with van der Waals surface area (Å²) in [6.07, 6.45) is 8.05. The van der Waals surface area contributed by atoms with Crippen LogP contribution in [0.4, 0.5) is 0 Å². The number of H-pyrrole nitrogens is 2. The minimum atomic E-state index is 0.915. The van der Waals surface area contributed by atoms with E-state index in [0.717, 1.165) is 44.8 Å². The van der Waals surface area contributed by atoms with Crippen LogP contribution < -0.4 is 0 Å². The molecule has 2 aliphatic heterocycles. The number of hydrogen-bond donors (Lipinski definition) is 2.